The molecule has 0 N–H and O–H groups in total. The average Bonchev–Trinajstić information content (AvgIpc) is 1.88. The third-order valence-corrected chi connectivity index (χ3v) is 1.76. The predicted octanol–water partition coefficient (Wildman–Crippen LogP) is 2.22. The van der Waals surface area contributed by atoms with Crippen molar-refractivity contribution < 1.29 is 4.79 Å². The van der Waals surface area contributed by atoms with E-state index >= 15 is 0 Å². The van der Waals surface area contributed by atoms with Gasteiger partial charge in [-0.25, -0.2) is 0 Å². The number of pyridine rings is 1. The van der Waals surface area contributed by atoms with Crippen LogP contribution < -0.4 is 0 Å². The Balaban J connectivity index is 3.15. The number of rotatable bonds is 1. The number of hydrogen-bond donors (Lipinski definition) is 0. The van der Waals surface area contributed by atoms with Crippen LogP contribution in [0, 0.1) is 0 Å². The van der Waals surface area contributed by atoms with Gasteiger partial charge in [-0.3, -0.25) is 9.78 Å². The molecule has 1 aromatic heterocycles. The molecular weight excluding hydrogens is 217 g/mol. The van der Waals surface area contributed by atoms with Gasteiger partial charge in [0.25, 0.3) is 5.24 Å². The minimum Gasteiger partial charge on any atom is -0.274 e. The van der Waals surface area contributed by atoms with Crippen LogP contribution >= 0.6 is 27.5 Å². The predicted molar refractivity (Wildman–Crippen MR) is 42.1 cm³/mol. The lowest BCUT2D eigenvalue weighted by Gasteiger charge is -1.93. The van der Waals surface area contributed by atoms with E-state index in [1.165, 1.54) is 6.20 Å². The molecule has 0 fully saturated rings. The topological polar surface area (TPSA) is 30.0 Å². The molecule has 0 aromatic carbocycles. The number of halogens is 2. The van der Waals surface area contributed by atoms with Gasteiger partial charge in [0.05, 0.1) is 0 Å². The van der Waals surface area contributed by atoms with E-state index in [9.17, 15) is 4.79 Å². The first-order valence-electron chi connectivity index (χ1n) is 2.52. The molecule has 1 rings (SSSR count). The van der Waals surface area contributed by atoms with Gasteiger partial charge in [-0.2, -0.15) is 0 Å². The summed E-state index contributed by atoms with van der Waals surface area (Å²) in [6.45, 7) is 0. The molecule has 4 heteroatoms. The van der Waals surface area contributed by atoms with Crippen molar-refractivity contribution in [3.63, 3.8) is 0 Å². The van der Waals surface area contributed by atoms with Gasteiger partial charge in [-0.1, -0.05) is 0 Å². The second kappa shape index (κ2) is 3.12. The van der Waals surface area contributed by atoms with Crippen LogP contribution in [0.15, 0.2) is 22.8 Å². The lowest BCUT2D eigenvalue weighted by molar-refractivity contribution is 0.107. The third kappa shape index (κ3) is 1.55. The van der Waals surface area contributed by atoms with Gasteiger partial charge in [-0.05, 0) is 39.7 Å². The Morgan fingerprint density at radius 1 is 1.70 bits per heavy atom. The summed E-state index contributed by atoms with van der Waals surface area (Å²) in [5.74, 6) is 0. The largest absolute Gasteiger partial charge is 0.274 e. The molecule has 0 saturated heterocycles. The summed E-state index contributed by atoms with van der Waals surface area (Å²) in [7, 11) is 0. The molecule has 0 saturated carbocycles. The van der Waals surface area contributed by atoms with Gasteiger partial charge in [0.15, 0.2) is 0 Å². The Kier molecular flexibility index (Phi) is 2.40. The minimum absolute atomic E-state index is 0.254. The van der Waals surface area contributed by atoms with E-state index in [1.807, 2.05) is 0 Å². The van der Waals surface area contributed by atoms with Gasteiger partial charge in [-0.15, -0.1) is 0 Å². The monoisotopic (exact) mass is 219 g/mol. The second-order valence-electron chi connectivity index (χ2n) is 1.61. The van der Waals surface area contributed by atoms with E-state index in [-0.39, 0.29) is 5.69 Å². The smallest absolute Gasteiger partial charge is 0.271 e. The van der Waals surface area contributed by atoms with Gasteiger partial charge < -0.3 is 0 Å². The maximum Gasteiger partial charge on any atom is 0.271 e. The molecule has 0 spiro atoms. The molecule has 1 heterocycles. The molecule has 0 aliphatic carbocycles. The van der Waals surface area contributed by atoms with Crippen molar-refractivity contribution in [3.8, 4) is 0 Å². The summed E-state index contributed by atoms with van der Waals surface area (Å²) < 4.78 is 0.620. The molecular formula is C6H3BrClNO. The van der Waals surface area contributed by atoms with Crippen molar-refractivity contribution in [2.45, 2.75) is 0 Å². The van der Waals surface area contributed by atoms with Crippen LogP contribution in [0.4, 0.5) is 0 Å². The maximum atomic E-state index is 10.5. The van der Waals surface area contributed by atoms with Crippen molar-refractivity contribution in [2.24, 2.45) is 0 Å². The zero-order valence-electron chi connectivity index (χ0n) is 4.84. The van der Waals surface area contributed by atoms with E-state index in [4.69, 9.17) is 11.6 Å². The first kappa shape index (κ1) is 7.69. The summed E-state index contributed by atoms with van der Waals surface area (Å²) in [5.41, 5.74) is 0.254. The van der Waals surface area contributed by atoms with E-state index < -0.39 is 5.24 Å². The first-order valence-corrected chi connectivity index (χ1v) is 3.69. The van der Waals surface area contributed by atoms with E-state index in [0.717, 1.165) is 0 Å². The minimum atomic E-state index is -0.549. The molecule has 0 amide bonds. The molecule has 0 atom stereocenters. The van der Waals surface area contributed by atoms with Crippen molar-refractivity contribution in [1.29, 1.82) is 0 Å². The Morgan fingerprint density at radius 3 is 2.80 bits per heavy atom. The van der Waals surface area contributed by atoms with Crippen LogP contribution in [0.3, 0.4) is 0 Å². The van der Waals surface area contributed by atoms with Gasteiger partial charge >= 0.3 is 0 Å². The number of carbonyl (C=O) groups is 1. The Morgan fingerprint density at radius 2 is 2.40 bits per heavy atom. The molecule has 10 heavy (non-hydrogen) atoms. The Bertz CT molecular complexity index is 264. The SMILES string of the molecule is O=C(Cl)c1ncccc1Br. The zero-order chi connectivity index (χ0) is 7.56. The molecule has 0 unspecified atom stereocenters. The van der Waals surface area contributed by atoms with Crippen LogP contribution in [-0.4, -0.2) is 10.2 Å². The quantitative estimate of drug-likeness (QED) is 0.679. The number of hydrogen-bond acceptors (Lipinski definition) is 2. The normalized spacial score (nSPS) is 9.40. The van der Waals surface area contributed by atoms with E-state index in [0.29, 0.717) is 4.47 Å². The molecule has 0 bridgehead atoms. The van der Waals surface area contributed by atoms with E-state index in [2.05, 4.69) is 20.9 Å². The summed E-state index contributed by atoms with van der Waals surface area (Å²) in [6, 6.07) is 3.43. The number of nitrogens with zero attached hydrogens (tertiary/aromatic N) is 1. The van der Waals surface area contributed by atoms with Crippen LogP contribution in [0.2, 0.25) is 0 Å². The summed E-state index contributed by atoms with van der Waals surface area (Å²) in [5, 5.41) is -0.549. The van der Waals surface area contributed by atoms with Crippen LogP contribution in [0.1, 0.15) is 10.5 Å². The fraction of sp³-hybridized carbons (Fsp3) is 0. The fourth-order valence-electron chi connectivity index (χ4n) is 0.530. The molecule has 0 aliphatic heterocycles. The fourth-order valence-corrected chi connectivity index (χ4v) is 1.23. The number of carbonyl (C=O) groups excluding carboxylic acids is 1. The van der Waals surface area contributed by atoms with E-state index in [1.54, 1.807) is 12.1 Å². The highest BCUT2D eigenvalue weighted by Gasteiger charge is 2.05. The summed E-state index contributed by atoms with van der Waals surface area (Å²) >= 11 is 8.31. The van der Waals surface area contributed by atoms with Gasteiger partial charge in [0.2, 0.25) is 0 Å². The van der Waals surface area contributed by atoms with Crippen molar-refractivity contribution >= 4 is 32.8 Å². The molecule has 0 aliphatic rings. The van der Waals surface area contributed by atoms with Crippen molar-refractivity contribution in [2.75, 3.05) is 0 Å². The average molecular weight is 220 g/mol. The lowest BCUT2D eigenvalue weighted by Crippen LogP contribution is -1.93. The Hall–Kier alpha value is -0.410. The van der Waals surface area contributed by atoms with Crippen LogP contribution in [0.25, 0.3) is 0 Å². The zero-order valence-corrected chi connectivity index (χ0v) is 7.19. The highest BCUT2D eigenvalue weighted by Crippen LogP contribution is 2.14. The van der Waals surface area contributed by atoms with Gasteiger partial charge in [0, 0.05) is 10.7 Å². The first-order chi connectivity index (χ1) is 4.72. The summed E-state index contributed by atoms with van der Waals surface area (Å²) in [4.78, 5) is 14.3. The van der Waals surface area contributed by atoms with Gasteiger partial charge in [0.1, 0.15) is 5.69 Å². The molecule has 52 valence electrons. The second-order valence-corrected chi connectivity index (χ2v) is 2.81. The van der Waals surface area contributed by atoms with Crippen LogP contribution in [0.5, 0.6) is 0 Å². The standard InChI is InChI=1S/C6H3BrClNO/c7-4-2-1-3-9-5(4)6(8)10/h1-3H. The number of aromatic nitrogens is 1. The summed E-state index contributed by atoms with van der Waals surface area (Å²) in [6.07, 6.45) is 1.51. The molecule has 2 nitrogen and oxygen atoms in total. The maximum absolute atomic E-state index is 10.5. The van der Waals surface area contributed by atoms with Crippen LogP contribution in [-0.2, 0) is 0 Å². The lowest BCUT2D eigenvalue weighted by atomic mass is 10.4. The molecule has 0 radical (unpaired) electrons. The highest BCUT2D eigenvalue weighted by atomic mass is 79.9. The third-order valence-electron chi connectivity index (χ3n) is 0.945. The Labute approximate surface area is 71.3 Å². The van der Waals surface area contributed by atoms with Crippen molar-refractivity contribution in [3.05, 3.63) is 28.5 Å². The van der Waals surface area contributed by atoms with Crippen molar-refractivity contribution in [1.82, 2.24) is 4.98 Å². The molecule has 1 aromatic rings. The highest BCUT2D eigenvalue weighted by molar-refractivity contribution is 9.10.